The molecule has 0 bridgehead atoms. The van der Waals surface area contributed by atoms with E-state index in [1.165, 1.54) is 0 Å². The standard InChI is InChI=1S/C11H20O4/c1-9(8-14-7-6-13-5)10(12)15-11(2,3)4/h1,6-8H2,2-5H3. The van der Waals surface area contributed by atoms with E-state index in [2.05, 4.69) is 6.58 Å². The summed E-state index contributed by atoms with van der Waals surface area (Å²) >= 11 is 0. The summed E-state index contributed by atoms with van der Waals surface area (Å²) in [7, 11) is 1.59. The van der Waals surface area contributed by atoms with E-state index < -0.39 is 11.6 Å². The lowest BCUT2D eigenvalue weighted by Crippen LogP contribution is -2.26. The van der Waals surface area contributed by atoms with Crippen molar-refractivity contribution in [3.05, 3.63) is 12.2 Å². The topological polar surface area (TPSA) is 44.8 Å². The van der Waals surface area contributed by atoms with Crippen molar-refractivity contribution in [1.29, 1.82) is 0 Å². The van der Waals surface area contributed by atoms with E-state index >= 15 is 0 Å². The zero-order chi connectivity index (χ0) is 11.9. The summed E-state index contributed by atoms with van der Waals surface area (Å²) < 4.78 is 15.0. The maximum atomic E-state index is 11.4. The summed E-state index contributed by atoms with van der Waals surface area (Å²) in [6.45, 7) is 10.1. The molecular weight excluding hydrogens is 196 g/mol. The fourth-order valence-corrected chi connectivity index (χ4v) is 0.747. The molecule has 0 rings (SSSR count). The third-order valence-electron chi connectivity index (χ3n) is 1.40. The number of methoxy groups -OCH3 is 1. The van der Waals surface area contributed by atoms with Crippen molar-refractivity contribution < 1.29 is 19.0 Å². The SMILES string of the molecule is C=C(COCCOC)C(=O)OC(C)(C)C. The minimum atomic E-state index is -0.493. The van der Waals surface area contributed by atoms with Crippen LogP contribution in [0.1, 0.15) is 20.8 Å². The van der Waals surface area contributed by atoms with Gasteiger partial charge in [-0.1, -0.05) is 6.58 Å². The van der Waals surface area contributed by atoms with Gasteiger partial charge in [0.15, 0.2) is 0 Å². The van der Waals surface area contributed by atoms with E-state index in [-0.39, 0.29) is 6.61 Å². The fourth-order valence-electron chi connectivity index (χ4n) is 0.747. The number of esters is 1. The minimum absolute atomic E-state index is 0.179. The summed E-state index contributed by atoms with van der Waals surface area (Å²) in [6, 6.07) is 0. The zero-order valence-corrected chi connectivity index (χ0v) is 9.96. The molecule has 0 spiro atoms. The van der Waals surface area contributed by atoms with Crippen molar-refractivity contribution >= 4 is 5.97 Å². The van der Waals surface area contributed by atoms with E-state index in [1.54, 1.807) is 7.11 Å². The van der Waals surface area contributed by atoms with Gasteiger partial charge in [0.2, 0.25) is 0 Å². The van der Waals surface area contributed by atoms with Crippen LogP contribution in [0.3, 0.4) is 0 Å². The lowest BCUT2D eigenvalue weighted by molar-refractivity contribution is -0.150. The number of rotatable bonds is 6. The lowest BCUT2D eigenvalue weighted by atomic mass is 10.2. The minimum Gasteiger partial charge on any atom is -0.457 e. The molecule has 4 heteroatoms. The molecule has 0 aromatic heterocycles. The molecule has 0 N–H and O–H groups in total. The molecule has 15 heavy (non-hydrogen) atoms. The molecule has 0 radical (unpaired) electrons. The summed E-state index contributed by atoms with van der Waals surface area (Å²) in [5.74, 6) is -0.417. The molecule has 0 atom stereocenters. The number of hydrogen-bond donors (Lipinski definition) is 0. The number of ether oxygens (including phenoxy) is 3. The molecule has 0 saturated heterocycles. The first-order valence-electron chi connectivity index (χ1n) is 4.84. The van der Waals surface area contributed by atoms with Gasteiger partial charge in [0.1, 0.15) is 5.60 Å². The summed E-state index contributed by atoms with van der Waals surface area (Å²) in [4.78, 5) is 11.4. The monoisotopic (exact) mass is 216 g/mol. The number of hydrogen-bond acceptors (Lipinski definition) is 4. The summed E-state index contributed by atoms with van der Waals surface area (Å²) in [5, 5.41) is 0. The second kappa shape index (κ2) is 6.58. The molecule has 0 fully saturated rings. The van der Waals surface area contributed by atoms with Crippen LogP contribution < -0.4 is 0 Å². The Labute approximate surface area is 91.2 Å². The average Bonchev–Trinajstić information content (AvgIpc) is 2.09. The molecule has 4 nitrogen and oxygen atoms in total. The predicted molar refractivity (Wildman–Crippen MR) is 57.7 cm³/mol. The Balaban J connectivity index is 3.76. The van der Waals surface area contributed by atoms with Gasteiger partial charge in [-0.05, 0) is 20.8 Å². The van der Waals surface area contributed by atoms with Gasteiger partial charge in [-0.2, -0.15) is 0 Å². The van der Waals surface area contributed by atoms with Gasteiger partial charge in [-0.25, -0.2) is 4.79 Å². The van der Waals surface area contributed by atoms with Crippen LogP contribution in [0.2, 0.25) is 0 Å². The van der Waals surface area contributed by atoms with Crippen LogP contribution in [0.25, 0.3) is 0 Å². The molecule has 0 aromatic rings. The molecule has 0 aromatic carbocycles. The first-order chi connectivity index (χ1) is 6.87. The Morgan fingerprint density at radius 3 is 2.33 bits per heavy atom. The second-order valence-electron chi connectivity index (χ2n) is 4.15. The molecule has 88 valence electrons. The van der Waals surface area contributed by atoms with Crippen LogP contribution in [0, 0.1) is 0 Å². The first-order valence-corrected chi connectivity index (χ1v) is 4.84. The van der Waals surface area contributed by atoms with Crippen molar-refractivity contribution in [1.82, 2.24) is 0 Å². The third-order valence-corrected chi connectivity index (χ3v) is 1.40. The van der Waals surface area contributed by atoms with Crippen LogP contribution in [0.15, 0.2) is 12.2 Å². The fraction of sp³-hybridized carbons (Fsp3) is 0.727. The molecule has 0 amide bonds. The lowest BCUT2D eigenvalue weighted by Gasteiger charge is -2.20. The Hall–Kier alpha value is -0.870. The van der Waals surface area contributed by atoms with Gasteiger partial charge in [0.25, 0.3) is 0 Å². The normalized spacial score (nSPS) is 11.2. The van der Waals surface area contributed by atoms with E-state index in [4.69, 9.17) is 14.2 Å². The predicted octanol–water partition coefficient (Wildman–Crippen LogP) is 1.55. The Kier molecular flexibility index (Phi) is 6.20. The maximum absolute atomic E-state index is 11.4. The molecule has 0 aliphatic rings. The first kappa shape index (κ1) is 14.1. The quantitative estimate of drug-likeness (QED) is 0.384. The molecule has 0 heterocycles. The maximum Gasteiger partial charge on any atom is 0.336 e. The van der Waals surface area contributed by atoms with Crippen LogP contribution in [0.4, 0.5) is 0 Å². The Bertz CT molecular complexity index is 215. The average molecular weight is 216 g/mol. The van der Waals surface area contributed by atoms with Crippen molar-refractivity contribution in [2.75, 3.05) is 26.9 Å². The van der Waals surface area contributed by atoms with Crippen molar-refractivity contribution in [3.63, 3.8) is 0 Å². The Morgan fingerprint density at radius 2 is 1.87 bits per heavy atom. The molecule has 0 aliphatic carbocycles. The van der Waals surface area contributed by atoms with Gasteiger partial charge in [-0.3, -0.25) is 0 Å². The van der Waals surface area contributed by atoms with Gasteiger partial charge >= 0.3 is 5.97 Å². The highest BCUT2D eigenvalue weighted by Crippen LogP contribution is 2.10. The van der Waals surface area contributed by atoms with E-state index in [0.717, 1.165) is 0 Å². The van der Waals surface area contributed by atoms with Crippen LogP contribution >= 0.6 is 0 Å². The van der Waals surface area contributed by atoms with Crippen molar-refractivity contribution in [3.8, 4) is 0 Å². The highest BCUT2D eigenvalue weighted by atomic mass is 16.6. The third kappa shape index (κ3) is 8.15. The Morgan fingerprint density at radius 1 is 1.27 bits per heavy atom. The molecule has 0 saturated carbocycles. The van der Waals surface area contributed by atoms with Crippen LogP contribution in [-0.2, 0) is 19.0 Å². The smallest absolute Gasteiger partial charge is 0.336 e. The number of carbonyl (C=O) groups is 1. The van der Waals surface area contributed by atoms with Crippen molar-refractivity contribution in [2.45, 2.75) is 26.4 Å². The van der Waals surface area contributed by atoms with Gasteiger partial charge in [0, 0.05) is 7.11 Å². The van der Waals surface area contributed by atoms with Gasteiger partial charge in [0.05, 0.1) is 25.4 Å². The van der Waals surface area contributed by atoms with Gasteiger partial charge < -0.3 is 14.2 Å². The van der Waals surface area contributed by atoms with E-state index in [9.17, 15) is 4.79 Å². The van der Waals surface area contributed by atoms with Crippen LogP contribution in [-0.4, -0.2) is 38.5 Å². The van der Waals surface area contributed by atoms with E-state index in [0.29, 0.717) is 18.8 Å². The van der Waals surface area contributed by atoms with Gasteiger partial charge in [-0.15, -0.1) is 0 Å². The number of carbonyl (C=O) groups excluding carboxylic acids is 1. The summed E-state index contributed by atoms with van der Waals surface area (Å²) in [5.41, 5.74) is -0.173. The van der Waals surface area contributed by atoms with Crippen molar-refractivity contribution in [2.24, 2.45) is 0 Å². The summed E-state index contributed by atoms with van der Waals surface area (Å²) in [6.07, 6.45) is 0. The zero-order valence-electron chi connectivity index (χ0n) is 9.96. The highest BCUT2D eigenvalue weighted by Gasteiger charge is 2.18. The van der Waals surface area contributed by atoms with Crippen LogP contribution in [0.5, 0.6) is 0 Å². The molecule has 0 unspecified atom stereocenters. The molecular formula is C11H20O4. The van der Waals surface area contributed by atoms with E-state index in [1.807, 2.05) is 20.8 Å². The molecule has 0 aliphatic heterocycles. The highest BCUT2D eigenvalue weighted by molar-refractivity contribution is 5.88. The largest absolute Gasteiger partial charge is 0.457 e. The second-order valence-corrected chi connectivity index (χ2v) is 4.15.